The molecule has 1 saturated heterocycles. The quantitative estimate of drug-likeness (QED) is 0.938. The first-order valence-electron chi connectivity index (χ1n) is 8.52. The van der Waals surface area contributed by atoms with Crippen LogP contribution in [0.2, 0.25) is 0 Å². The van der Waals surface area contributed by atoms with Crippen molar-refractivity contribution < 1.29 is 9.18 Å². The molecule has 1 unspecified atom stereocenters. The molecule has 24 heavy (non-hydrogen) atoms. The van der Waals surface area contributed by atoms with Crippen molar-refractivity contribution in [1.29, 1.82) is 0 Å². The normalized spacial score (nSPS) is 20.6. The molecule has 1 atom stereocenters. The topological polar surface area (TPSA) is 32.3 Å². The molecule has 2 aliphatic rings. The molecular weight excluding hydrogens is 303 g/mol. The lowest BCUT2D eigenvalue weighted by atomic mass is 10.1. The number of carbonyl (C=O) groups is 1. The summed E-state index contributed by atoms with van der Waals surface area (Å²) in [6, 6.07) is 15.6. The Morgan fingerprint density at radius 3 is 2.46 bits per heavy atom. The minimum atomic E-state index is -0.252. The van der Waals surface area contributed by atoms with E-state index >= 15 is 0 Å². The number of carbonyl (C=O) groups excluding carboxylic acids is 1. The van der Waals surface area contributed by atoms with Gasteiger partial charge in [-0.25, -0.2) is 4.39 Å². The molecule has 1 heterocycles. The van der Waals surface area contributed by atoms with Gasteiger partial charge in [-0.05, 0) is 41.7 Å². The van der Waals surface area contributed by atoms with E-state index < -0.39 is 0 Å². The number of amides is 1. The molecular formula is C20H21FN2O. The van der Waals surface area contributed by atoms with Gasteiger partial charge in [-0.3, -0.25) is 4.79 Å². The van der Waals surface area contributed by atoms with E-state index in [1.54, 1.807) is 6.07 Å². The third-order valence-electron chi connectivity index (χ3n) is 5.00. The Hall–Kier alpha value is -2.20. The fourth-order valence-electron chi connectivity index (χ4n) is 3.90. The predicted molar refractivity (Wildman–Crippen MR) is 91.0 cm³/mol. The van der Waals surface area contributed by atoms with E-state index in [0.29, 0.717) is 25.6 Å². The Kier molecular flexibility index (Phi) is 4.07. The van der Waals surface area contributed by atoms with Crippen molar-refractivity contribution in [3.8, 4) is 0 Å². The summed E-state index contributed by atoms with van der Waals surface area (Å²) in [7, 11) is 0. The third kappa shape index (κ3) is 3.20. The number of hydrogen-bond donors (Lipinski definition) is 1. The van der Waals surface area contributed by atoms with Crippen LogP contribution in [0, 0.1) is 5.82 Å². The van der Waals surface area contributed by atoms with Crippen LogP contribution < -0.4 is 5.32 Å². The van der Waals surface area contributed by atoms with Crippen molar-refractivity contribution in [2.24, 2.45) is 0 Å². The monoisotopic (exact) mass is 324 g/mol. The van der Waals surface area contributed by atoms with Crippen LogP contribution >= 0.6 is 0 Å². The van der Waals surface area contributed by atoms with Gasteiger partial charge in [0.1, 0.15) is 5.82 Å². The standard InChI is InChI=1S/C20H21FN2O/c21-17-7-3-4-14(8-17)12-23-13-19(11-20(23)24)22-18-9-15-5-1-2-6-16(15)10-18/h1-8,18-19,22H,9-13H2. The molecule has 0 saturated carbocycles. The summed E-state index contributed by atoms with van der Waals surface area (Å²) in [5, 5.41) is 3.65. The maximum absolute atomic E-state index is 13.3. The summed E-state index contributed by atoms with van der Waals surface area (Å²) in [4.78, 5) is 14.1. The average Bonchev–Trinajstić information content (AvgIpc) is 3.10. The van der Waals surface area contributed by atoms with Crippen molar-refractivity contribution >= 4 is 5.91 Å². The number of nitrogens with one attached hydrogen (secondary N) is 1. The minimum absolute atomic E-state index is 0.146. The Morgan fingerprint density at radius 1 is 1.00 bits per heavy atom. The molecule has 0 aromatic heterocycles. The highest BCUT2D eigenvalue weighted by atomic mass is 19.1. The van der Waals surface area contributed by atoms with E-state index in [2.05, 4.69) is 29.6 Å². The van der Waals surface area contributed by atoms with Gasteiger partial charge >= 0.3 is 0 Å². The fraction of sp³-hybridized carbons (Fsp3) is 0.350. The van der Waals surface area contributed by atoms with Crippen LogP contribution in [-0.4, -0.2) is 29.4 Å². The fourth-order valence-corrected chi connectivity index (χ4v) is 3.90. The molecule has 1 fully saturated rings. The first kappa shape index (κ1) is 15.3. The molecule has 1 aliphatic carbocycles. The smallest absolute Gasteiger partial charge is 0.224 e. The van der Waals surface area contributed by atoms with Crippen molar-refractivity contribution in [3.05, 3.63) is 71.0 Å². The van der Waals surface area contributed by atoms with Gasteiger partial charge in [-0.15, -0.1) is 0 Å². The zero-order chi connectivity index (χ0) is 16.5. The summed E-state index contributed by atoms with van der Waals surface area (Å²) in [6.07, 6.45) is 2.59. The van der Waals surface area contributed by atoms with Gasteiger partial charge in [0, 0.05) is 31.6 Å². The molecule has 0 radical (unpaired) electrons. The number of fused-ring (bicyclic) bond motifs is 1. The molecule has 0 bridgehead atoms. The molecule has 4 heteroatoms. The van der Waals surface area contributed by atoms with Crippen LogP contribution in [0.25, 0.3) is 0 Å². The number of nitrogens with zero attached hydrogens (tertiary/aromatic N) is 1. The third-order valence-corrected chi connectivity index (χ3v) is 5.00. The zero-order valence-corrected chi connectivity index (χ0v) is 13.5. The van der Waals surface area contributed by atoms with E-state index in [0.717, 1.165) is 18.4 Å². The van der Waals surface area contributed by atoms with E-state index in [9.17, 15) is 9.18 Å². The van der Waals surface area contributed by atoms with E-state index in [4.69, 9.17) is 0 Å². The van der Waals surface area contributed by atoms with Gasteiger partial charge in [0.05, 0.1) is 0 Å². The molecule has 1 amide bonds. The maximum atomic E-state index is 13.3. The highest BCUT2D eigenvalue weighted by Crippen LogP contribution is 2.23. The Morgan fingerprint density at radius 2 is 1.75 bits per heavy atom. The number of rotatable bonds is 4. The van der Waals surface area contributed by atoms with Crippen molar-refractivity contribution in [2.45, 2.75) is 37.9 Å². The number of halogens is 1. The number of likely N-dealkylation sites (tertiary alicyclic amines) is 1. The molecule has 1 N–H and O–H groups in total. The summed E-state index contributed by atoms with van der Waals surface area (Å²) < 4.78 is 13.3. The van der Waals surface area contributed by atoms with Crippen LogP contribution in [-0.2, 0) is 24.2 Å². The zero-order valence-electron chi connectivity index (χ0n) is 13.5. The molecule has 124 valence electrons. The largest absolute Gasteiger partial charge is 0.337 e. The Balaban J connectivity index is 1.35. The second-order valence-corrected chi connectivity index (χ2v) is 6.85. The lowest BCUT2D eigenvalue weighted by Gasteiger charge is -2.20. The highest BCUT2D eigenvalue weighted by molar-refractivity contribution is 5.79. The molecule has 0 spiro atoms. The predicted octanol–water partition coefficient (Wildman–Crippen LogP) is 2.68. The summed E-state index contributed by atoms with van der Waals surface area (Å²) >= 11 is 0. The molecule has 3 nitrogen and oxygen atoms in total. The molecule has 1 aliphatic heterocycles. The first-order valence-corrected chi connectivity index (χ1v) is 8.52. The van der Waals surface area contributed by atoms with Crippen LogP contribution in [0.1, 0.15) is 23.1 Å². The lowest BCUT2D eigenvalue weighted by molar-refractivity contribution is -0.128. The van der Waals surface area contributed by atoms with Crippen molar-refractivity contribution in [1.82, 2.24) is 10.2 Å². The van der Waals surface area contributed by atoms with Crippen LogP contribution in [0.3, 0.4) is 0 Å². The second kappa shape index (κ2) is 6.36. The summed E-state index contributed by atoms with van der Waals surface area (Å²) in [5.74, 6) is -0.107. The molecule has 2 aromatic rings. The number of benzene rings is 2. The number of hydrogen-bond acceptors (Lipinski definition) is 2. The van der Waals surface area contributed by atoms with Crippen molar-refractivity contribution in [3.63, 3.8) is 0 Å². The van der Waals surface area contributed by atoms with Gasteiger partial charge in [0.15, 0.2) is 0 Å². The van der Waals surface area contributed by atoms with Gasteiger partial charge in [0.25, 0.3) is 0 Å². The SMILES string of the molecule is O=C1CC(NC2Cc3ccccc3C2)CN1Cc1cccc(F)c1. The minimum Gasteiger partial charge on any atom is -0.337 e. The van der Waals surface area contributed by atoms with Crippen LogP contribution in [0.5, 0.6) is 0 Å². The van der Waals surface area contributed by atoms with Gasteiger partial charge in [-0.1, -0.05) is 36.4 Å². The van der Waals surface area contributed by atoms with E-state index in [1.807, 2.05) is 11.0 Å². The molecule has 2 aromatic carbocycles. The van der Waals surface area contributed by atoms with Crippen molar-refractivity contribution in [2.75, 3.05) is 6.54 Å². The van der Waals surface area contributed by atoms with Crippen LogP contribution in [0.4, 0.5) is 4.39 Å². The van der Waals surface area contributed by atoms with E-state index in [-0.39, 0.29) is 17.8 Å². The Labute approximate surface area is 141 Å². The maximum Gasteiger partial charge on any atom is 0.224 e. The summed E-state index contributed by atoms with van der Waals surface area (Å²) in [6.45, 7) is 1.18. The highest BCUT2D eigenvalue weighted by Gasteiger charge is 2.32. The average molecular weight is 324 g/mol. The first-order chi connectivity index (χ1) is 11.7. The Bertz CT molecular complexity index is 736. The van der Waals surface area contributed by atoms with Gasteiger partial charge in [-0.2, -0.15) is 0 Å². The molecule has 4 rings (SSSR count). The second-order valence-electron chi connectivity index (χ2n) is 6.85. The van der Waals surface area contributed by atoms with Gasteiger partial charge < -0.3 is 10.2 Å². The lowest BCUT2D eigenvalue weighted by Crippen LogP contribution is -2.40. The van der Waals surface area contributed by atoms with Crippen LogP contribution in [0.15, 0.2) is 48.5 Å². The van der Waals surface area contributed by atoms with E-state index in [1.165, 1.54) is 23.3 Å². The summed E-state index contributed by atoms with van der Waals surface area (Å²) in [5.41, 5.74) is 3.67. The van der Waals surface area contributed by atoms with Gasteiger partial charge in [0.2, 0.25) is 5.91 Å².